The van der Waals surface area contributed by atoms with Crippen molar-refractivity contribution in [1.82, 2.24) is 4.90 Å². The van der Waals surface area contributed by atoms with E-state index < -0.39 is 25.2 Å². The van der Waals surface area contributed by atoms with E-state index in [1.165, 1.54) is 14.2 Å². The molecule has 0 aromatic heterocycles. The molecule has 3 rings (SSSR count). The van der Waals surface area contributed by atoms with E-state index in [0.29, 0.717) is 5.56 Å². The highest BCUT2D eigenvalue weighted by atomic mass is 31.2. The summed E-state index contributed by atoms with van der Waals surface area (Å²) in [5, 5.41) is 0. The number of hydrogen-bond acceptors (Lipinski definition) is 5. The predicted octanol–water partition coefficient (Wildman–Crippen LogP) is 3.47. The van der Waals surface area contributed by atoms with Crippen LogP contribution in [0.2, 0.25) is 0 Å². The van der Waals surface area contributed by atoms with E-state index in [0.717, 1.165) is 4.90 Å². The van der Waals surface area contributed by atoms with Crippen LogP contribution in [-0.2, 0) is 13.6 Å². The second kappa shape index (κ2) is 6.32. The first-order chi connectivity index (χ1) is 11.5. The Labute approximate surface area is 139 Å². The largest absolute Gasteiger partial charge is 0.357 e. The lowest BCUT2D eigenvalue weighted by molar-refractivity contribution is 0.0605. The normalized spacial score (nSPS) is 15.5. The standard InChI is InChI=1S/C17H16NO5P/c1-22-24(21,23-2)17(12-8-4-3-5-9-12)18-15(19)13-10-6-7-11-14(13)16(18)20/h3-11,17H,1-2H3. The zero-order valence-electron chi connectivity index (χ0n) is 13.2. The van der Waals surface area contributed by atoms with E-state index in [4.69, 9.17) is 9.05 Å². The fourth-order valence-corrected chi connectivity index (χ4v) is 4.38. The molecule has 1 aliphatic heterocycles. The molecule has 0 spiro atoms. The van der Waals surface area contributed by atoms with Gasteiger partial charge in [-0.05, 0) is 17.7 Å². The molecule has 0 saturated carbocycles. The number of benzene rings is 2. The predicted molar refractivity (Wildman–Crippen MR) is 87.7 cm³/mol. The summed E-state index contributed by atoms with van der Waals surface area (Å²) in [5.41, 5.74) is 1.06. The fourth-order valence-electron chi connectivity index (χ4n) is 2.80. The lowest BCUT2D eigenvalue weighted by atomic mass is 10.1. The number of nitrogens with zero attached hydrogens (tertiary/aromatic N) is 1. The second-order valence-electron chi connectivity index (χ2n) is 5.22. The minimum Gasteiger partial charge on any atom is -0.310 e. The van der Waals surface area contributed by atoms with Crippen LogP contribution in [-0.4, -0.2) is 30.9 Å². The maximum Gasteiger partial charge on any atom is 0.357 e. The van der Waals surface area contributed by atoms with Gasteiger partial charge in [0, 0.05) is 14.2 Å². The summed E-state index contributed by atoms with van der Waals surface area (Å²) in [5.74, 6) is -2.18. The van der Waals surface area contributed by atoms with Crippen molar-refractivity contribution >= 4 is 19.4 Å². The summed E-state index contributed by atoms with van der Waals surface area (Å²) < 4.78 is 23.3. The third kappa shape index (κ3) is 2.49. The van der Waals surface area contributed by atoms with Crippen LogP contribution in [0.5, 0.6) is 0 Å². The second-order valence-corrected chi connectivity index (χ2v) is 7.51. The SMILES string of the molecule is COP(=O)(OC)C(c1ccccc1)N1C(=O)c2ccccc2C1=O. The average molecular weight is 345 g/mol. The van der Waals surface area contributed by atoms with Crippen LogP contribution in [0.3, 0.4) is 0 Å². The summed E-state index contributed by atoms with van der Waals surface area (Å²) in [6.45, 7) is 0. The Kier molecular flexibility index (Phi) is 4.37. The van der Waals surface area contributed by atoms with Crippen LogP contribution in [0.1, 0.15) is 32.1 Å². The average Bonchev–Trinajstić information content (AvgIpc) is 2.88. The quantitative estimate of drug-likeness (QED) is 0.613. The van der Waals surface area contributed by atoms with Crippen molar-refractivity contribution in [3.63, 3.8) is 0 Å². The Morgan fingerprint density at radius 2 is 1.29 bits per heavy atom. The van der Waals surface area contributed by atoms with Gasteiger partial charge in [0.2, 0.25) is 0 Å². The van der Waals surface area contributed by atoms with Gasteiger partial charge < -0.3 is 9.05 Å². The molecule has 1 aliphatic rings. The fraction of sp³-hybridized carbons (Fsp3) is 0.176. The summed E-state index contributed by atoms with van der Waals surface area (Å²) >= 11 is 0. The minimum atomic E-state index is -3.78. The Balaban J connectivity index is 2.16. The lowest BCUT2D eigenvalue weighted by Crippen LogP contribution is -2.34. The smallest absolute Gasteiger partial charge is 0.310 e. The summed E-state index contributed by atoms with van der Waals surface area (Å²) in [7, 11) is -1.31. The van der Waals surface area contributed by atoms with Crippen molar-refractivity contribution in [2.75, 3.05) is 14.2 Å². The van der Waals surface area contributed by atoms with Gasteiger partial charge in [0.1, 0.15) is 0 Å². The molecule has 2 amide bonds. The molecule has 0 bridgehead atoms. The Morgan fingerprint density at radius 1 is 0.833 bits per heavy atom. The molecule has 1 atom stereocenters. The van der Waals surface area contributed by atoms with Crippen molar-refractivity contribution in [3.05, 3.63) is 71.3 Å². The number of carbonyl (C=O) groups excluding carboxylic acids is 2. The highest BCUT2D eigenvalue weighted by molar-refractivity contribution is 7.54. The zero-order chi connectivity index (χ0) is 17.3. The molecule has 6 nitrogen and oxygen atoms in total. The molecular formula is C17H16NO5P. The number of hydrogen-bond donors (Lipinski definition) is 0. The monoisotopic (exact) mass is 345 g/mol. The number of carbonyl (C=O) groups is 2. The van der Waals surface area contributed by atoms with Gasteiger partial charge >= 0.3 is 7.60 Å². The molecule has 2 aromatic carbocycles. The zero-order valence-corrected chi connectivity index (χ0v) is 14.1. The van der Waals surface area contributed by atoms with Crippen molar-refractivity contribution in [3.8, 4) is 0 Å². The van der Waals surface area contributed by atoms with Crippen LogP contribution >= 0.6 is 7.60 Å². The van der Waals surface area contributed by atoms with E-state index in [1.54, 1.807) is 54.6 Å². The molecule has 24 heavy (non-hydrogen) atoms. The van der Waals surface area contributed by atoms with Crippen LogP contribution in [0.15, 0.2) is 54.6 Å². The third-order valence-electron chi connectivity index (χ3n) is 3.98. The molecule has 1 heterocycles. The number of imide groups is 1. The van der Waals surface area contributed by atoms with E-state index in [2.05, 4.69) is 0 Å². The maximum atomic E-state index is 13.1. The number of fused-ring (bicyclic) bond motifs is 1. The third-order valence-corrected chi connectivity index (χ3v) is 6.12. The van der Waals surface area contributed by atoms with Crippen LogP contribution in [0.4, 0.5) is 0 Å². The minimum absolute atomic E-state index is 0.280. The van der Waals surface area contributed by atoms with Gasteiger partial charge in [0.25, 0.3) is 11.8 Å². The van der Waals surface area contributed by atoms with Crippen molar-refractivity contribution < 1.29 is 23.2 Å². The number of amides is 2. The highest BCUT2D eigenvalue weighted by Gasteiger charge is 2.49. The molecule has 2 aromatic rings. The van der Waals surface area contributed by atoms with Gasteiger partial charge in [-0.1, -0.05) is 42.5 Å². The van der Waals surface area contributed by atoms with Crippen LogP contribution < -0.4 is 0 Å². The molecule has 1 unspecified atom stereocenters. The van der Waals surface area contributed by atoms with Crippen LogP contribution in [0.25, 0.3) is 0 Å². The van der Waals surface area contributed by atoms with Gasteiger partial charge in [-0.3, -0.25) is 19.1 Å². The molecule has 0 fully saturated rings. The topological polar surface area (TPSA) is 72.9 Å². The van der Waals surface area contributed by atoms with Crippen molar-refractivity contribution in [2.24, 2.45) is 0 Å². The molecular weight excluding hydrogens is 329 g/mol. The first kappa shape index (κ1) is 16.6. The van der Waals surface area contributed by atoms with Crippen LogP contribution in [0, 0.1) is 0 Å². The summed E-state index contributed by atoms with van der Waals surface area (Å²) in [6.07, 6.45) is 0. The van der Waals surface area contributed by atoms with Crippen molar-refractivity contribution in [2.45, 2.75) is 5.78 Å². The van der Waals surface area contributed by atoms with E-state index >= 15 is 0 Å². The summed E-state index contributed by atoms with van der Waals surface area (Å²) in [6, 6.07) is 15.1. The van der Waals surface area contributed by atoms with Gasteiger partial charge in [0.15, 0.2) is 5.78 Å². The van der Waals surface area contributed by atoms with Gasteiger partial charge in [-0.15, -0.1) is 0 Å². The number of rotatable bonds is 5. The Morgan fingerprint density at radius 3 is 1.75 bits per heavy atom. The first-order valence-corrected chi connectivity index (χ1v) is 8.87. The lowest BCUT2D eigenvalue weighted by Gasteiger charge is -2.30. The highest BCUT2D eigenvalue weighted by Crippen LogP contribution is 2.62. The molecule has 0 radical (unpaired) electrons. The molecule has 124 valence electrons. The molecule has 0 saturated heterocycles. The Bertz CT molecular complexity index is 793. The van der Waals surface area contributed by atoms with E-state index in [1.807, 2.05) is 0 Å². The van der Waals surface area contributed by atoms with E-state index in [-0.39, 0.29) is 11.1 Å². The van der Waals surface area contributed by atoms with Gasteiger partial charge in [-0.2, -0.15) is 0 Å². The molecule has 0 aliphatic carbocycles. The first-order valence-electron chi connectivity index (χ1n) is 7.26. The van der Waals surface area contributed by atoms with Gasteiger partial charge in [0.05, 0.1) is 11.1 Å². The van der Waals surface area contributed by atoms with Crippen molar-refractivity contribution in [1.29, 1.82) is 0 Å². The Hall–Kier alpha value is -2.27. The maximum absolute atomic E-state index is 13.1. The molecule has 0 N–H and O–H groups in total. The van der Waals surface area contributed by atoms with E-state index in [9.17, 15) is 14.2 Å². The molecule has 7 heteroatoms. The summed E-state index contributed by atoms with van der Waals surface area (Å²) in [4.78, 5) is 26.5. The van der Waals surface area contributed by atoms with Gasteiger partial charge in [-0.25, -0.2) is 0 Å².